The number of benzene rings is 3. The number of ether oxygens (including phenoxy) is 1. The van der Waals surface area contributed by atoms with E-state index in [9.17, 15) is 24.5 Å². The van der Waals surface area contributed by atoms with Crippen molar-refractivity contribution in [1.29, 1.82) is 0 Å². The predicted octanol–water partition coefficient (Wildman–Crippen LogP) is 3.35. The molecule has 1 aliphatic heterocycles. The van der Waals surface area contributed by atoms with Gasteiger partial charge in [0.25, 0.3) is 5.69 Å². The summed E-state index contributed by atoms with van der Waals surface area (Å²) in [6.45, 7) is 0. The van der Waals surface area contributed by atoms with Gasteiger partial charge in [-0.15, -0.1) is 0 Å². The standard InChI is InChI=1S/C26H18N2O6/c1-34-14-10-11-19(20(12-14)28(32)33)27-24(30)22-21-15-6-2-4-8-17(15)26(13-29,23(22)25(27)31)18-9-5-3-7-16(18)21/h2-13,21-23H,1H3/t21?,22-,23-,26?/m0/s1. The van der Waals surface area contributed by atoms with Crippen LogP contribution in [0.25, 0.3) is 0 Å². The lowest BCUT2D eigenvalue weighted by Gasteiger charge is -2.51. The molecule has 0 N–H and O–H groups in total. The van der Waals surface area contributed by atoms with Crippen LogP contribution in [0, 0.1) is 22.0 Å². The summed E-state index contributed by atoms with van der Waals surface area (Å²) in [5, 5.41) is 11.8. The molecule has 0 spiro atoms. The third-order valence-corrected chi connectivity index (χ3v) is 7.49. The second-order valence-electron chi connectivity index (χ2n) is 8.77. The van der Waals surface area contributed by atoms with E-state index in [1.807, 2.05) is 48.5 Å². The molecule has 0 saturated carbocycles. The summed E-state index contributed by atoms with van der Waals surface area (Å²) in [5.41, 5.74) is 1.20. The van der Waals surface area contributed by atoms with Gasteiger partial charge in [-0.3, -0.25) is 19.7 Å². The van der Waals surface area contributed by atoms with Crippen molar-refractivity contribution in [3.05, 3.63) is 99.1 Å². The molecular formula is C26H18N2O6. The van der Waals surface area contributed by atoms with Crippen LogP contribution in [0.15, 0.2) is 66.7 Å². The summed E-state index contributed by atoms with van der Waals surface area (Å²) in [6.07, 6.45) is 0.773. The highest BCUT2D eigenvalue weighted by atomic mass is 16.6. The first-order valence-corrected chi connectivity index (χ1v) is 10.8. The number of rotatable bonds is 4. The number of imide groups is 1. The third kappa shape index (κ3) is 2.24. The van der Waals surface area contributed by atoms with Crippen molar-refractivity contribution in [3.63, 3.8) is 0 Å². The molecule has 34 heavy (non-hydrogen) atoms. The van der Waals surface area contributed by atoms with Crippen LogP contribution in [0.3, 0.4) is 0 Å². The summed E-state index contributed by atoms with van der Waals surface area (Å²) >= 11 is 0. The van der Waals surface area contributed by atoms with E-state index in [4.69, 9.17) is 4.74 Å². The van der Waals surface area contributed by atoms with Gasteiger partial charge in [0.05, 0.1) is 35.4 Å². The van der Waals surface area contributed by atoms with E-state index >= 15 is 0 Å². The second kappa shape index (κ2) is 6.84. The fourth-order valence-electron chi connectivity index (χ4n) is 6.23. The minimum absolute atomic E-state index is 0.122. The monoisotopic (exact) mass is 454 g/mol. The van der Waals surface area contributed by atoms with Gasteiger partial charge in [0.1, 0.15) is 17.7 Å². The van der Waals surface area contributed by atoms with Gasteiger partial charge in [0.15, 0.2) is 0 Å². The van der Waals surface area contributed by atoms with Gasteiger partial charge in [-0.25, -0.2) is 4.90 Å². The fraction of sp³-hybridized carbons (Fsp3) is 0.192. The van der Waals surface area contributed by atoms with Crippen LogP contribution >= 0.6 is 0 Å². The van der Waals surface area contributed by atoms with Crippen LogP contribution in [-0.2, 0) is 19.8 Å². The molecule has 2 bridgehead atoms. The number of nitrogens with zero attached hydrogens (tertiary/aromatic N) is 2. The highest BCUT2D eigenvalue weighted by molar-refractivity contribution is 6.25. The van der Waals surface area contributed by atoms with Crippen molar-refractivity contribution in [1.82, 2.24) is 0 Å². The molecule has 3 aromatic carbocycles. The summed E-state index contributed by atoms with van der Waals surface area (Å²) in [5.74, 6) is -3.18. The fourth-order valence-corrected chi connectivity index (χ4v) is 6.23. The Kier molecular flexibility index (Phi) is 4.08. The molecule has 3 aromatic rings. The van der Waals surface area contributed by atoms with E-state index in [1.54, 1.807) is 0 Å². The predicted molar refractivity (Wildman–Crippen MR) is 121 cm³/mol. The van der Waals surface area contributed by atoms with Gasteiger partial charge in [-0.05, 0) is 34.4 Å². The number of carbonyl (C=O) groups excluding carboxylic acids is 3. The number of hydrogen-bond donors (Lipinski definition) is 0. The molecule has 1 fully saturated rings. The van der Waals surface area contributed by atoms with E-state index in [-0.39, 0.29) is 11.4 Å². The molecule has 0 unspecified atom stereocenters. The molecule has 8 nitrogen and oxygen atoms in total. The zero-order valence-electron chi connectivity index (χ0n) is 18.0. The first-order valence-electron chi connectivity index (χ1n) is 10.8. The molecule has 0 radical (unpaired) electrons. The topological polar surface area (TPSA) is 107 Å². The smallest absolute Gasteiger partial charge is 0.297 e. The number of amides is 2. The molecule has 2 atom stereocenters. The minimum atomic E-state index is -1.35. The molecule has 4 aliphatic rings. The summed E-state index contributed by atoms with van der Waals surface area (Å²) in [6, 6.07) is 18.8. The Morgan fingerprint density at radius 2 is 1.59 bits per heavy atom. The minimum Gasteiger partial charge on any atom is -0.496 e. The SMILES string of the molecule is COc1ccc(N2C(=O)[C@@H]3[C@@H](C2=O)C2c4ccccc4C3(C=O)c3ccccc32)c([N+](=O)[O-])c1. The van der Waals surface area contributed by atoms with Crippen molar-refractivity contribution < 1.29 is 24.0 Å². The van der Waals surface area contributed by atoms with E-state index in [2.05, 4.69) is 0 Å². The maximum absolute atomic E-state index is 13.9. The van der Waals surface area contributed by atoms with E-state index in [0.717, 1.165) is 22.3 Å². The zero-order valence-corrected chi connectivity index (χ0v) is 18.0. The van der Waals surface area contributed by atoms with Crippen molar-refractivity contribution in [3.8, 4) is 5.75 Å². The van der Waals surface area contributed by atoms with Crippen molar-refractivity contribution >= 4 is 29.5 Å². The summed E-state index contributed by atoms with van der Waals surface area (Å²) < 4.78 is 5.09. The number of nitro benzene ring substituents is 1. The maximum atomic E-state index is 13.9. The van der Waals surface area contributed by atoms with E-state index in [1.165, 1.54) is 25.3 Å². The number of hydrogen-bond acceptors (Lipinski definition) is 6. The van der Waals surface area contributed by atoms with Crippen LogP contribution < -0.4 is 9.64 Å². The molecule has 1 heterocycles. The first-order chi connectivity index (χ1) is 16.5. The third-order valence-electron chi connectivity index (χ3n) is 7.49. The van der Waals surface area contributed by atoms with Crippen molar-refractivity contribution in [2.24, 2.45) is 11.8 Å². The quantitative estimate of drug-likeness (QED) is 0.259. The van der Waals surface area contributed by atoms with Gasteiger partial charge >= 0.3 is 0 Å². The van der Waals surface area contributed by atoms with E-state index in [0.29, 0.717) is 11.1 Å². The maximum Gasteiger partial charge on any atom is 0.297 e. The Balaban J connectivity index is 1.62. The van der Waals surface area contributed by atoms with Crippen molar-refractivity contribution in [2.45, 2.75) is 11.3 Å². The highest BCUT2D eigenvalue weighted by Gasteiger charge is 2.68. The van der Waals surface area contributed by atoms with Crippen LogP contribution in [0.2, 0.25) is 0 Å². The van der Waals surface area contributed by atoms with Gasteiger partial charge in [0, 0.05) is 5.92 Å². The molecule has 168 valence electrons. The van der Waals surface area contributed by atoms with Gasteiger partial charge in [-0.2, -0.15) is 0 Å². The normalized spacial score (nSPS) is 26.0. The van der Waals surface area contributed by atoms with Crippen LogP contribution in [0.1, 0.15) is 28.2 Å². The number of carbonyl (C=O) groups is 3. The molecular weight excluding hydrogens is 436 g/mol. The zero-order chi connectivity index (χ0) is 23.8. The number of aldehydes is 1. The molecule has 0 aromatic heterocycles. The second-order valence-corrected chi connectivity index (χ2v) is 8.77. The molecule has 1 saturated heterocycles. The Hall–Kier alpha value is -4.33. The van der Waals surface area contributed by atoms with Gasteiger partial charge < -0.3 is 9.53 Å². The van der Waals surface area contributed by atoms with E-state index < -0.39 is 45.6 Å². The Labute approximate surface area is 193 Å². The number of nitro groups is 1. The Morgan fingerprint density at radius 3 is 2.15 bits per heavy atom. The van der Waals surface area contributed by atoms with Crippen LogP contribution in [0.4, 0.5) is 11.4 Å². The molecule has 7 rings (SSSR count). The Morgan fingerprint density at radius 1 is 0.971 bits per heavy atom. The average Bonchev–Trinajstić information content (AvgIpc) is 3.14. The largest absolute Gasteiger partial charge is 0.496 e. The van der Waals surface area contributed by atoms with Crippen LogP contribution in [0.5, 0.6) is 5.75 Å². The highest BCUT2D eigenvalue weighted by Crippen LogP contribution is 2.63. The van der Waals surface area contributed by atoms with Crippen molar-refractivity contribution in [2.75, 3.05) is 12.0 Å². The summed E-state index contributed by atoms with van der Waals surface area (Å²) in [7, 11) is 1.37. The lowest BCUT2D eigenvalue weighted by Crippen LogP contribution is -2.54. The van der Waals surface area contributed by atoms with Gasteiger partial charge in [-0.1, -0.05) is 48.5 Å². The lowest BCUT2D eigenvalue weighted by molar-refractivity contribution is -0.384. The average molecular weight is 454 g/mol. The van der Waals surface area contributed by atoms with Gasteiger partial charge in [0.2, 0.25) is 11.8 Å². The number of methoxy groups -OCH3 is 1. The summed E-state index contributed by atoms with van der Waals surface area (Å²) in [4.78, 5) is 52.9. The molecule has 2 amide bonds. The molecule has 3 aliphatic carbocycles. The molecule has 8 heteroatoms. The Bertz CT molecular complexity index is 1380. The lowest BCUT2D eigenvalue weighted by atomic mass is 9.48. The first kappa shape index (κ1) is 20.3. The van der Waals surface area contributed by atoms with Crippen LogP contribution in [-0.4, -0.2) is 30.1 Å². The number of anilines is 1.